The molecule has 0 aromatic heterocycles. The maximum atomic E-state index is 12.2. The molecule has 2 saturated carbocycles. The second kappa shape index (κ2) is 7.90. The van der Waals surface area contributed by atoms with Crippen molar-refractivity contribution in [2.24, 2.45) is 11.8 Å². The van der Waals surface area contributed by atoms with Gasteiger partial charge in [0, 0.05) is 19.6 Å². The van der Waals surface area contributed by atoms with Gasteiger partial charge in [0.05, 0.1) is 0 Å². The number of amides is 2. The Balaban J connectivity index is 1.60. The Kier molecular flexibility index (Phi) is 6.18. The van der Waals surface area contributed by atoms with Crippen molar-refractivity contribution in [3.05, 3.63) is 0 Å². The highest BCUT2D eigenvalue weighted by Crippen LogP contribution is 2.28. The Morgan fingerprint density at radius 2 is 1.90 bits per heavy atom. The number of nitrogens with zero attached hydrogens (tertiary/aromatic N) is 1. The van der Waals surface area contributed by atoms with E-state index in [1.807, 2.05) is 11.9 Å². The lowest BCUT2D eigenvalue weighted by Crippen LogP contribution is -2.45. The molecule has 0 spiro atoms. The molecule has 2 fully saturated rings. The molecule has 0 radical (unpaired) electrons. The van der Waals surface area contributed by atoms with E-state index in [0.717, 1.165) is 24.8 Å². The number of urea groups is 1. The van der Waals surface area contributed by atoms with Crippen molar-refractivity contribution >= 4 is 6.03 Å². The largest absolute Gasteiger partial charge is 0.338 e. The Hall–Kier alpha value is -0.730. The monoisotopic (exact) mass is 280 g/mol. The third-order valence-electron chi connectivity index (χ3n) is 5.32. The number of hydrogen-bond acceptors (Lipinski definition) is 1. The van der Waals surface area contributed by atoms with Gasteiger partial charge >= 0.3 is 6.03 Å². The van der Waals surface area contributed by atoms with Gasteiger partial charge in [0.25, 0.3) is 0 Å². The van der Waals surface area contributed by atoms with Gasteiger partial charge in [0.1, 0.15) is 0 Å². The summed E-state index contributed by atoms with van der Waals surface area (Å²) >= 11 is 0. The van der Waals surface area contributed by atoms with Crippen molar-refractivity contribution in [1.29, 1.82) is 0 Å². The van der Waals surface area contributed by atoms with Crippen LogP contribution in [0.4, 0.5) is 4.79 Å². The average Bonchev–Trinajstić information content (AvgIpc) is 2.95. The Labute approximate surface area is 124 Å². The van der Waals surface area contributed by atoms with Gasteiger partial charge in [-0.05, 0) is 37.5 Å². The molecule has 3 nitrogen and oxygen atoms in total. The average molecular weight is 280 g/mol. The lowest BCUT2D eigenvalue weighted by atomic mass is 9.86. The summed E-state index contributed by atoms with van der Waals surface area (Å²) in [4.78, 5) is 14.1. The van der Waals surface area contributed by atoms with Gasteiger partial charge in [-0.3, -0.25) is 0 Å². The first-order chi connectivity index (χ1) is 9.66. The molecule has 2 amide bonds. The van der Waals surface area contributed by atoms with Crippen LogP contribution in [-0.2, 0) is 0 Å². The van der Waals surface area contributed by atoms with E-state index in [1.165, 1.54) is 57.8 Å². The summed E-state index contributed by atoms with van der Waals surface area (Å²) in [6.45, 7) is 3.15. The molecule has 2 unspecified atom stereocenters. The van der Waals surface area contributed by atoms with Gasteiger partial charge in [-0.15, -0.1) is 0 Å². The van der Waals surface area contributed by atoms with Crippen LogP contribution < -0.4 is 5.32 Å². The molecule has 2 aliphatic carbocycles. The summed E-state index contributed by atoms with van der Waals surface area (Å²) in [5, 5.41) is 3.11. The first-order valence-electron chi connectivity index (χ1n) is 8.67. The first kappa shape index (κ1) is 15.7. The topological polar surface area (TPSA) is 32.3 Å². The Morgan fingerprint density at radius 1 is 1.15 bits per heavy atom. The van der Waals surface area contributed by atoms with Gasteiger partial charge < -0.3 is 10.2 Å². The van der Waals surface area contributed by atoms with Crippen LogP contribution in [0.2, 0.25) is 0 Å². The van der Waals surface area contributed by atoms with Gasteiger partial charge in [-0.1, -0.05) is 45.4 Å². The maximum absolute atomic E-state index is 12.2. The normalized spacial score (nSPS) is 27.5. The highest BCUT2D eigenvalue weighted by molar-refractivity contribution is 5.74. The summed E-state index contributed by atoms with van der Waals surface area (Å²) in [6, 6.07) is 0.587. The SMILES string of the molecule is CC1CCCC(N(C)C(=O)NCCCC2CCCC2)C1. The van der Waals surface area contributed by atoms with E-state index in [9.17, 15) is 4.79 Å². The van der Waals surface area contributed by atoms with Crippen molar-refractivity contribution in [2.75, 3.05) is 13.6 Å². The minimum atomic E-state index is 0.135. The van der Waals surface area contributed by atoms with Crippen LogP contribution in [0.3, 0.4) is 0 Å². The molecule has 116 valence electrons. The molecule has 0 heterocycles. The molecule has 3 heteroatoms. The van der Waals surface area contributed by atoms with Crippen LogP contribution >= 0.6 is 0 Å². The maximum Gasteiger partial charge on any atom is 0.317 e. The van der Waals surface area contributed by atoms with E-state index in [0.29, 0.717) is 6.04 Å². The molecule has 0 aliphatic heterocycles. The third-order valence-corrected chi connectivity index (χ3v) is 5.32. The van der Waals surface area contributed by atoms with E-state index in [2.05, 4.69) is 12.2 Å². The quantitative estimate of drug-likeness (QED) is 0.753. The van der Waals surface area contributed by atoms with Crippen LogP contribution in [0.5, 0.6) is 0 Å². The fraction of sp³-hybridized carbons (Fsp3) is 0.941. The highest BCUT2D eigenvalue weighted by atomic mass is 16.2. The van der Waals surface area contributed by atoms with Crippen molar-refractivity contribution in [2.45, 2.75) is 77.2 Å². The molecule has 1 N–H and O–H groups in total. The first-order valence-corrected chi connectivity index (χ1v) is 8.67. The molecule has 0 bridgehead atoms. The molecule has 2 atom stereocenters. The van der Waals surface area contributed by atoms with Gasteiger partial charge in [0.2, 0.25) is 0 Å². The number of hydrogen-bond donors (Lipinski definition) is 1. The predicted octanol–water partition coefficient (Wildman–Crippen LogP) is 4.18. The van der Waals surface area contributed by atoms with Crippen molar-refractivity contribution < 1.29 is 4.79 Å². The van der Waals surface area contributed by atoms with E-state index >= 15 is 0 Å². The van der Waals surface area contributed by atoms with Crippen molar-refractivity contribution in [1.82, 2.24) is 10.2 Å². The van der Waals surface area contributed by atoms with E-state index in [1.54, 1.807) is 0 Å². The summed E-state index contributed by atoms with van der Waals surface area (Å²) < 4.78 is 0. The van der Waals surface area contributed by atoms with Crippen LogP contribution in [0.1, 0.15) is 71.1 Å². The molecule has 0 aromatic rings. The number of nitrogens with one attached hydrogen (secondary N) is 1. The van der Waals surface area contributed by atoms with Gasteiger partial charge in [0.15, 0.2) is 0 Å². The number of rotatable bonds is 5. The summed E-state index contributed by atoms with van der Waals surface area (Å²) in [7, 11) is 1.97. The smallest absolute Gasteiger partial charge is 0.317 e. The van der Waals surface area contributed by atoms with Gasteiger partial charge in [-0.25, -0.2) is 4.79 Å². The fourth-order valence-electron chi connectivity index (χ4n) is 3.93. The molecule has 0 saturated heterocycles. The lowest BCUT2D eigenvalue weighted by molar-refractivity contribution is 0.160. The van der Waals surface area contributed by atoms with Crippen molar-refractivity contribution in [3.63, 3.8) is 0 Å². The molecule has 20 heavy (non-hydrogen) atoms. The predicted molar refractivity (Wildman–Crippen MR) is 83.8 cm³/mol. The van der Waals surface area contributed by atoms with Crippen LogP contribution in [-0.4, -0.2) is 30.6 Å². The van der Waals surface area contributed by atoms with E-state index in [-0.39, 0.29) is 6.03 Å². The standard InChI is InChI=1S/C17H32N2O/c1-14-7-5-11-16(13-14)19(2)17(20)18-12-6-10-15-8-3-4-9-15/h14-16H,3-13H2,1-2H3,(H,18,20). The molecular formula is C17H32N2O. The minimum Gasteiger partial charge on any atom is -0.338 e. The summed E-state index contributed by atoms with van der Waals surface area (Å²) in [5.41, 5.74) is 0. The molecule has 0 aromatic carbocycles. The number of carbonyl (C=O) groups excluding carboxylic acids is 1. The van der Waals surface area contributed by atoms with Crippen LogP contribution in [0.25, 0.3) is 0 Å². The molecule has 2 aliphatic rings. The molecular weight excluding hydrogens is 248 g/mol. The second-order valence-electron chi connectivity index (χ2n) is 7.06. The second-order valence-corrected chi connectivity index (χ2v) is 7.06. The molecule has 2 rings (SSSR count). The highest BCUT2D eigenvalue weighted by Gasteiger charge is 2.25. The zero-order valence-electron chi connectivity index (χ0n) is 13.4. The lowest BCUT2D eigenvalue weighted by Gasteiger charge is -2.34. The minimum absolute atomic E-state index is 0.135. The Morgan fingerprint density at radius 3 is 2.60 bits per heavy atom. The third kappa shape index (κ3) is 4.68. The van der Waals surface area contributed by atoms with Crippen molar-refractivity contribution in [3.8, 4) is 0 Å². The van der Waals surface area contributed by atoms with Crippen LogP contribution in [0, 0.1) is 11.8 Å². The van der Waals surface area contributed by atoms with Gasteiger partial charge in [-0.2, -0.15) is 0 Å². The summed E-state index contributed by atoms with van der Waals surface area (Å²) in [5.74, 6) is 1.70. The Bertz CT molecular complexity index is 299. The zero-order chi connectivity index (χ0) is 14.4. The van der Waals surface area contributed by atoms with E-state index in [4.69, 9.17) is 0 Å². The fourth-order valence-corrected chi connectivity index (χ4v) is 3.93. The van der Waals surface area contributed by atoms with Crippen LogP contribution in [0.15, 0.2) is 0 Å². The number of carbonyl (C=O) groups is 1. The zero-order valence-corrected chi connectivity index (χ0v) is 13.4. The summed E-state index contributed by atoms with van der Waals surface area (Å²) in [6.07, 6.45) is 13.0. The van der Waals surface area contributed by atoms with E-state index < -0.39 is 0 Å².